The topological polar surface area (TPSA) is 94.5 Å². The van der Waals surface area contributed by atoms with Gasteiger partial charge >= 0.3 is 5.97 Å². The fourth-order valence-electron chi connectivity index (χ4n) is 4.18. The molecule has 7 nitrogen and oxygen atoms in total. The number of ether oxygens (including phenoxy) is 4. The van der Waals surface area contributed by atoms with Crippen LogP contribution in [-0.2, 0) is 22.7 Å². The van der Waals surface area contributed by atoms with Gasteiger partial charge in [0, 0.05) is 11.8 Å². The van der Waals surface area contributed by atoms with E-state index in [1.807, 2.05) is 24.3 Å². The van der Waals surface area contributed by atoms with Crippen LogP contribution in [0, 0.1) is 0 Å². The Kier molecular flexibility index (Phi) is 6.89. The molecule has 3 aromatic carbocycles. The summed E-state index contributed by atoms with van der Waals surface area (Å²) in [4.78, 5) is 12.2. The third-order valence-corrected chi connectivity index (χ3v) is 5.84. The molecule has 33 heavy (non-hydrogen) atoms. The van der Waals surface area contributed by atoms with Crippen molar-refractivity contribution < 1.29 is 34.0 Å². The Morgan fingerprint density at radius 1 is 1.12 bits per heavy atom. The van der Waals surface area contributed by atoms with E-state index in [0.29, 0.717) is 45.9 Å². The smallest absolute Gasteiger partial charge is 0.306 e. The minimum atomic E-state index is -0.286. The summed E-state index contributed by atoms with van der Waals surface area (Å²) in [7, 11) is 1.48. The maximum atomic E-state index is 12.2. The van der Waals surface area contributed by atoms with E-state index in [9.17, 15) is 15.0 Å². The number of aliphatic hydroxyl groups is 1. The van der Waals surface area contributed by atoms with Crippen LogP contribution in [0.4, 0.5) is 0 Å². The predicted molar refractivity (Wildman–Crippen MR) is 124 cm³/mol. The second-order valence-electron chi connectivity index (χ2n) is 7.95. The van der Waals surface area contributed by atoms with E-state index in [-0.39, 0.29) is 31.7 Å². The lowest BCUT2D eigenvalue weighted by Gasteiger charge is -2.19. The number of fused-ring (bicyclic) bond motifs is 3. The Hall–Kier alpha value is -3.45. The zero-order chi connectivity index (χ0) is 23.4. The SMILES string of the molecule is CCCCCC(=O)OCc1cc2ccc3c(c2c(-c2ccc(OC)c(O)c2)c1CO)OCO3. The molecule has 0 saturated heterocycles. The molecule has 0 atom stereocenters. The number of hydrogen-bond donors (Lipinski definition) is 2. The second-order valence-corrected chi connectivity index (χ2v) is 7.95. The van der Waals surface area contributed by atoms with Crippen LogP contribution in [0.2, 0.25) is 0 Å². The number of phenols is 1. The largest absolute Gasteiger partial charge is 0.504 e. The van der Waals surface area contributed by atoms with Crippen LogP contribution in [0.15, 0.2) is 36.4 Å². The standard InChI is InChI=1S/C26H28O7/c1-3-4-5-6-23(29)31-14-18-11-16-8-10-22-26(33-15-32-22)25(16)24(19(18)13-27)17-7-9-21(30-2)20(28)12-17/h7-12,27-28H,3-6,13-15H2,1-2H3. The first-order chi connectivity index (χ1) is 16.1. The molecular formula is C26H28O7. The molecule has 3 aromatic rings. The van der Waals surface area contributed by atoms with Crippen molar-refractivity contribution in [2.24, 2.45) is 0 Å². The number of carbonyl (C=O) groups is 1. The molecule has 1 aliphatic rings. The molecule has 0 saturated carbocycles. The molecule has 0 fully saturated rings. The van der Waals surface area contributed by atoms with Crippen molar-refractivity contribution in [3.8, 4) is 34.1 Å². The second kappa shape index (κ2) is 10.0. The monoisotopic (exact) mass is 452 g/mol. The minimum absolute atomic E-state index is 0.0236. The van der Waals surface area contributed by atoms with E-state index >= 15 is 0 Å². The Balaban J connectivity index is 1.83. The lowest BCUT2D eigenvalue weighted by Crippen LogP contribution is -2.07. The van der Waals surface area contributed by atoms with Crippen LogP contribution in [0.25, 0.3) is 21.9 Å². The fraction of sp³-hybridized carbons (Fsp3) is 0.346. The predicted octanol–water partition coefficient (Wildman–Crippen LogP) is 5.07. The molecule has 0 aliphatic carbocycles. The average Bonchev–Trinajstić information content (AvgIpc) is 3.31. The highest BCUT2D eigenvalue weighted by atomic mass is 16.7. The van der Waals surface area contributed by atoms with E-state index in [1.54, 1.807) is 12.1 Å². The van der Waals surface area contributed by atoms with Gasteiger partial charge in [-0.15, -0.1) is 0 Å². The number of aliphatic hydroxyl groups excluding tert-OH is 1. The van der Waals surface area contributed by atoms with Crippen molar-refractivity contribution in [2.45, 2.75) is 45.8 Å². The van der Waals surface area contributed by atoms with E-state index in [1.165, 1.54) is 7.11 Å². The molecule has 2 N–H and O–H groups in total. The van der Waals surface area contributed by atoms with Gasteiger partial charge in [-0.1, -0.05) is 31.9 Å². The van der Waals surface area contributed by atoms with Gasteiger partial charge in [0.05, 0.1) is 13.7 Å². The molecule has 0 radical (unpaired) electrons. The molecule has 0 spiro atoms. The van der Waals surface area contributed by atoms with E-state index in [4.69, 9.17) is 18.9 Å². The van der Waals surface area contributed by atoms with E-state index in [2.05, 4.69) is 6.92 Å². The van der Waals surface area contributed by atoms with Crippen molar-refractivity contribution in [3.05, 3.63) is 47.5 Å². The first kappa shape index (κ1) is 22.7. The number of unbranched alkanes of at least 4 members (excludes halogenated alkanes) is 2. The summed E-state index contributed by atoms with van der Waals surface area (Å²) in [5.41, 5.74) is 2.64. The van der Waals surface area contributed by atoms with Crippen LogP contribution in [0.5, 0.6) is 23.0 Å². The number of benzene rings is 3. The quantitative estimate of drug-likeness (QED) is 0.346. The van der Waals surface area contributed by atoms with Gasteiger partial charge in [0.15, 0.2) is 23.0 Å². The third kappa shape index (κ3) is 4.54. The number of rotatable bonds is 9. The molecule has 0 aromatic heterocycles. The Morgan fingerprint density at radius 3 is 2.70 bits per heavy atom. The number of phenolic OH excluding ortho intramolecular Hbond substituents is 1. The molecule has 0 bridgehead atoms. The van der Waals surface area contributed by atoms with Crippen LogP contribution in [-0.4, -0.2) is 30.1 Å². The summed E-state index contributed by atoms with van der Waals surface area (Å²) >= 11 is 0. The average molecular weight is 453 g/mol. The highest BCUT2D eigenvalue weighted by Gasteiger charge is 2.24. The Morgan fingerprint density at radius 2 is 1.97 bits per heavy atom. The van der Waals surface area contributed by atoms with Gasteiger partial charge in [-0.2, -0.15) is 0 Å². The molecule has 174 valence electrons. The molecule has 0 amide bonds. The summed E-state index contributed by atoms with van der Waals surface area (Å²) in [5, 5.41) is 22.4. The Labute approximate surface area is 192 Å². The molecule has 7 heteroatoms. The molecule has 1 aliphatic heterocycles. The van der Waals surface area contributed by atoms with Crippen molar-refractivity contribution in [2.75, 3.05) is 13.9 Å². The van der Waals surface area contributed by atoms with E-state index in [0.717, 1.165) is 30.0 Å². The molecular weight excluding hydrogens is 424 g/mol. The van der Waals surface area contributed by atoms with Crippen molar-refractivity contribution in [3.63, 3.8) is 0 Å². The van der Waals surface area contributed by atoms with Gasteiger partial charge in [-0.3, -0.25) is 4.79 Å². The van der Waals surface area contributed by atoms with Crippen LogP contribution in [0.1, 0.15) is 43.7 Å². The summed E-state index contributed by atoms with van der Waals surface area (Å²) < 4.78 is 22.0. The van der Waals surface area contributed by atoms with Gasteiger partial charge in [0.1, 0.15) is 6.61 Å². The maximum Gasteiger partial charge on any atom is 0.306 e. The minimum Gasteiger partial charge on any atom is -0.504 e. The number of carbonyl (C=O) groups excluding carboxylic acids is 1. The van der Waals surface area contributed by atoms with Gasteiger partial charge in [-0.05, 0) is 58.3 Å². The highest BCUT2D eigenvalue weighted by Crippen LogP contribution is 2.47. The summed E-state index contributed by atoms with van der Waals surface area (Å²) in [6, 6.07) is 10.7. The van der Waals surface area contributed by atoms with Crippen LogP contribution >= 0.6 is 0 Å². The van der Waals surface area contributed by atoms with Gasteiger partial charge in [0.2, 0.25) is 6.79 Å². The maximum absolute atomic E-state index is 12.2. The number of aromatic hydroxyl groups is 1. The van der Waals surface area contributed by atoms with Crippen LogP contribution < -0.4 is 14.2 Å². The zero-order valence-corrected chi connectivity index (χ0v) is 18.8. The number of methoxy groups -OCH3 is 1. The van der Waals surface area contributed by atoms with Gasteiger partial charge in [0.25, 0.3) is 0 Å². The lowest BCUT2D eigenvalue weighted by atomic mass is 9.89. The van der Waals surface area contributed by atoms with Gasteiger partial charge in [-0.25, -0.2) is 0 Å². The third-order valence-electron chi connectivity index (χ3n) is 5.84. The summed E-state index contributed by atoms with van der Waals surface area (Å²) in [5.74, 6) is 1.25. The highest BCUT2D eigenvalue weighted by molar-refractivity contribution is 6.05. The zero-order valence-electron chi connectivity index (χ0n) is 18.8. The normalized spacial score (nSPS) is 12.2. The number of esters is 1. The Bertz CT molecular complexity index is 1170. The molecule has 4 rings (SSSR count). The van der Waals surface area contributed by atoms with Crippen LogP contribution in [0.3, 0.4) is 0 Å². The molecule has 0 unspecified atom stereocenters. The summed E-state index contributed by atoms with van der Waals surface area (Å²) in [6.45, 7) is 1.94. The first-order valence-electron chi connectivity index (χ1n) is 11.1. The fourth-order valence-corrected chi connectivity index (χ4v) is 4.18. The van der Waals surface area contributed by atoms with Crippen molar-refractivity contribution >= 4 is 16.7 Å². The van der Waals surface area contributed by atoms with E-state index < -0.39 is 0 Å². The van der Waals surface area contributed by atoms with Crippen molar-refractivity contribution in [1.82, 2.24) is 0 Å². The summed E-state index contributed by atoms with van der Waals surface area (Å²) in [6.07, 6.45) is 3.17. The molecule has 1 heterocycles. The lowest BCUT2D eigenvalue weighted by molar-refractivity contribution is -0.145. The number of hydrogen-bond acceptors (Lipinski definition) is 7. The first-order valence-corrected chi connectivity index (χ1v) is 11.1. The van der Waals surface area contributed by atoms with Gasteiger partial charge < -0.3 is 29.2 Å². The van der Waals surface area contributed by atoms with Crippen molar-refractivity contribution in [1.29, 1.82) is 0 Å².